The number of hydrogen-bond acceptors (Lipinski definition) is 4. The fourth-order valence-corrected chi connectivity index (χ4v) is 2.39. The van der Waals surface area contributed by atoms with Gasteiger partial charge in [-0.2, -0.15) is 0 Å². The minimum absolute atomic E-state index is 0.0892. The average molecular weight is 292 g/mol. The van der Waals surface area contributed by atoms with Gasteiger partial charge in [0.2, 0.25) is 5.91 Å². The van der Waals surface area contributed by atoms with E-state index in [0.29, 0.717) is 11.7 Å². The van der Waals surface area contributed by atoms with Gasteiger partial charge in [-0.1, -0.05) is 36.0 Å². The number of benzene rings is 1. The number of thioether (sulfide) groups is 1. The molecule has 0 atom stereocenters. The van der Waals surface area contributed by atoms with E-state index in [1.165, 1.54) is 16.3 Å². The maximum absolute atomic E-state index is 11.8. The lowest BCUT2D eigenvalue weighted by Gasteiger charge is -2.07. The molecule has 106 valence electrons. The highest BCUT2D eigenvalue weighted by atomic mass is 32.2. The van der Waals surface area contributed by atoms with Crippen LogP contribution in [-0.4, -0.2) is 26.4 Å². The van der Waals surface area contributed by atoms with Crippen LogP contribution < -0.4 is 11.0 Å². The standard InChI is InChI=1S/C13H16N4O2S/c1-9-5-3-4-6-10(9)7-14-11(18)8-20-13-16-15-12(19)17(13)2/h3-6H,7-8H2,1-2H3,(H,14,18)(H,15,19). The number of rotatable bonds is 5. The fourth-order valence-electron chi connectivity index (χ4n) is 1.64. The first-order chi connectivity index (χ1) is 9.58. The van der Waals surface area contributed by atoms with E-state index in [-0.39, 0.29) is 17.3 Å². The molecule has 7 heteroatoms. The number of nitrogens with one attached hydrogen (secondary N) is 2. The predicted molar refractivity (Wildman–Crippen MR) is 77.6 cm³/mol. The number of aromatic amines is 1. The van der Waals surface area contributed by atoms with Crippen LogP contribution in [-0.2, 0) is 18.4 Å². The highest BCUT2D eigenvalue weighted by molar-refractivity contribution is 7.99. The van der Waals surface area contributed by atoms with Crippen molar-refractivity contribution in [2.75, 3.05) is 5.75 Å². The summed E-state index contributed by atoms with van der Waals surface area (Å²) in [7, 11) is 1.61. The molecule has 0 saturated carbocycles. The molecule has 0 aliphatic heterocycles. The summed E-state index contributed by atoms with van der Waals surface area (Å²) in [5.41, 5.74) is 1.96. The zero-order valence-electron chi connectivity index (χ0n) is 11.3. The topological polar surface area (TPSA) is 79.8 Å². The van der Waals surface area contributed by atoms with Gasteiger partial charge in [-0.3, -0.25) is 9.36 Å². The zero-order valence-corrected chi connectivity index (χ0v) is 12.2. The van der Waals surface area contributed by atoms with Gasteiger partial charge in [0.15, 0.2) is 5.16 Å². The van der Waals surface area contributed by atoms with Crippen molar-refractivity contribution in [3.63, 3.8) is 0 Å². The number of aromatic nitrogens is 3. The maximum Gasteiger partial charge on any atom is 0.343 e. The SMILES string of the molecule is Cc1ccccc1CNC(=O)CSc1n[nH]c(=O)n1C. The molecule has 0 aliphatic carbocycles. The van der Waals surface area contributed by atoms with Crippen LogP contribution in [0, 0.1) is 6.92 Å². The van der Waals surface area contributed by atoms with E-state index in [4.69, 9.17) is 0 Å². The Labute approximate surface area is 120 Å². The van der Waals surface area contributed by atoms with Gasteiger partial charge in [0.1, 0.15) is 0 Å². The highest BCUT2D eigenvalue weighted by Gasteiger charge is 2.08. The largest absolute Gasteiger partial charge is 0.351 e. The van der Waals surface area contributed by atoms with E-state index < -0.39 is 0 Å². The van der Waals surface area contributed by atoms with Gasteiger partial charge in [-0.15, -0.1) is 5.10 Å². The molecule has 0 saturated heterocycles. The third-order valence-corrected chi connectivity index (χ3v) is 3.94. The molecule has 0 spiro atoms. The summed E-state index contributed by atoms with van der Waals surface area (Å²) in [6.45, 7) is 2.52. The normalized spacial score (nSPS) is 10.5. The first-order valence-electron chi connectivity index (χ1n) is 6.13. The van der Waals surface area contributed by atoms with Crippen molar-refractivity contribution in [2.45, 2.75) is 18.6 Å². The molecule has 1 heterocycles. The molecule has 0 fully saturated rings. The second kappa shape index (κ2) is 6.42. The Kier molecular flexibility index (Phi) is 4.62. The van der Waals surface area contributed by atoms with Crippen LogP contribution >= 0.6 is 11.8 Å². The summed E-state index contributed by atoms with van der Waals surface area (Å²) in [6, 6.07) is 7.91. The molecule has 0 bridgehead atoms. The Hall–Kier alpha value is -2.02. The number of carbonyl (C=O) groups excluding carboxylic acids is 1. The Balaban J connectivity index is 1.83. The van der Waals surface area contributed by atoms with E-state index in [9.17, 15) is 9.59 Å². The van der Waals surface area contributed by atoms with Crippen LogP contribution in [0.2, 0.25) is 0 Å². The van der Waals surface area contributed by atoms with Gasteiger partial charge >= 0.3 is 5.69 Å². The summed E-state index contributed by atoms with van der Waals surface area (Å²) in [6.07, 6.45) is 0. The number of nitrogens with zero attached hydrogens (tertiary/aromatic N) is 2. The molecule has 2 aromatic rings. The zero-order chi connectivity index (χ0) is 14.5. The van der Waals surface area contributed by atoms with Crippen LogP contribution in [0.5, 0.6) is 0 Å². The molecule has 2 N–H and O–H groups in total. The molecule has 1 aromatic carbocycles. The lowest BCUT2D eigenvalue weighted by molar-refractivity contribution is -0.118. The molecule has 2 rings (SSSR count). The first-order valence-corrected chi connectivity index (χ1v) is 7.12. The summed E-state index contributed by atoms with van der Waals surface area (Å²) in [4.78, 5) is 22.9. The van der Waals surface area contributed by atoms with Gasteiger partial charge in [-0.05, 0) is 18.1 Å². The van der Waals surface area contributed by atoms with Gasteiger partial charge in [0, 0.05) is 13.6 Å². The van der Waals surface area contributed by atoms with Crippen LogP contribution in [0.1, 0.15) is 11.1 Å². The van der Waals surface area contributed by atoms with Crippen molar-refractivity contribution in [3.8, 4) is 0 Å². The molecular formula is C13H16N4O2S. The third-order valence-electron chi connectivity index (χ3n) is 2.91. The van der Waals surface area contributed by atoms with Crippen LogP contribution in [0.25, 0.3) is 0 Å². The molecule has 1 aromatic heterocycles. The minimum atomic E-state index is -0.284. The number of carbonyl (C=O) groups is 1. The van der Waals surface area contributed by atoms with Gasteiger partial charge in [0.25, 0.3) is 0 Å². The molecule has 20 heavy (non-hydrogen) atoms. The summed E-state index contributed by atoms with van der Waals surface area (Å²) in [5.74, 6) is 0.137. The monoisotopic (exact) mass is 292 g/mol. The van der Waals surface area contributed by atoms with E-state index in [1.807, 2.05) is 31.2 Å². The predicted octanol–water partition coefficient (Wildman–Crippen LogP) is 0.825. The Bertz CT molecular complexity index is 662. The Morgan fingerprint density at radius 1 is 1.45 bits per heavy atom. The average Bonchev–Trinajstić information content (AvgIpc) is 2.76. The number of aryl methyl sites for hydroxylation is 1. The Morgan fingerprint density at radius 2 is 2.20 bits per heavy atom. The van der Waals surface area contributed by atoms with Crippen LogP contribution in [0.4, 0.5) is 0 Å². The molecule has 0 unspecified atom stereocenters. The molecule has 6 nitrogen and oxygen atoms in total. The molecule has 1 amide bonds. The second-order valence-electron chi connectivity index (χ2n) is 4.36. The van der Waals surface area contributed by atoms with Gasteiger partial charge < -0.3 is 5.32 Å². The van der Waals surface area contributed by atoms with Crippen molar-refractivity contribution in [1.82, 2.24) is 20.1 Å². The molecule has 0 radical (unpaired) electrons. The van der Waals surface area contributed by atoms with Crippen LogP contribution in [0.3, 0.4) is 0 Å². The van der Waals surface area contributed by atoms with Crippen molar-refractivity contribution in [2.24, 2.45) is 7.05 Å². The summed E-state index contributed by atoms with van der Waals surface area (Å²) < 4.78 is 1.37. The second-order valence-corrected chi connectivity index (χ2v) is 5.30. The van der Waals surface area contributed by atoms with E-state index in [1.54, 1.807) is 7.05 Å². The van der Waals surface area contributed by atoms with E-state index in [2.05, 4.69) is 15.5 Å². The first kappa shape index (κ1) is 14.4. The molecule has 0 aliphatic rings. The number of hydrogen-bond donors (Lipinski definition) is 2. The fraction of sp³-hybridized carbons (Fsp3) is 0.308. The summed E-state index contributed by atoms with van der Waals surface area (Å²) >= 11 is 1.22. The van der Waals surface area contributed by atoms with Crippen molar-refractivity contribution >= 4 is 17.7 Å². The Morgan fingerprint density at radius 3 is 2.85 bits per heavy atom. The smallest absolute Gasteiger partial charge is 0.343 e. The quantitative estimate of drug-likeness (QED) is 0.800. The van der Waals surface area contributed by atoms with Crippen molar-refractivity contribution in [3.05, 3.63) is 45.9 Å². The number of amides is 1. The van der Waals surface area contributed by atoms with Crippen molar-refractivity contribution < 1.29 is 4.79 Å². The lowest BCUT2D eigenvalue weighted by atomic mass is 10.1. The van der Waals surface area contributed by atoms with E-state index >= 15 is 0 Å². The molecular weight excluding hydrogens is 276 g/mol. The van der Waals surface area contributed by atoms with Crippen LogP contribution in [0.15, 0.2) is 34.2 Å². The lowest BCUT2D eigenvalue weighted by Crippen LogP contribution is -2.25. The summed E-state index contributed by atoms with van der Waals surface area (Å²) in [5, 5.41) is 9.51. The van der Waals surface area contributed by atoms with E-state index in [0.717, 1.165) is 11.1 Å². The maximum atomic E-state index is 11.8. The number of H-pyrrole nitrogens is 1. The van der Waals surface area contributed by atoms with Gasteiger partial charge in [0.05, 0.1) is 5.75 Å². The van der Waals surface area contributed by atoms with Gasteiger partial charge in [-0.25, -0.2) is 9.89 Å². The highest BCUT2D eigenvalue weighted by Crippen LogP contribution is 2.11. The van der Waals surface area contributed by atoms with Crippen molar-refractivity contribution in [1.29, 1.82) is 0 Å². The third kappa shape index (κ3) is 3.51. The minimum Gasteiger partial charge on any atom is -0.351 e.